The number of epoxide rings is 2. The van der Waals surface area contributed by atoms with Gasteiger partial charge in [0, 0.05) is 0 Å². The first kappa shape index (κ1) is 234. The first-order chi connectivity index (χ1) is 35.0. The zero-order valence-electron chi connectivity index (χ0n) is 54.1. The van der Waals surface area contributed by atoms with Gasteiger partial charge in [0.1, 0.15) is 0 Å². The summed E-state index contributed by atoms with van der Waals surface area (Å²) >= 11 is 0. The molecule has 70 heavy (non-hydrogen) atoms. The first-order valence-electron chi connectivity index (χ1n) is 20.6. The van der Waals surface area contributed by atoms with E-state index in [1.165, 1.54) is 226 Å². The summed E-state index contributed by atoms with van der Waals surface area (Å²) in [5, 5.41) is 0. The van der Waals surface area contributed by atoms with Crippen LogP contribution in [0.25, 0.3) is 0 Å². The highest BCUT2D eigenvalue weighted by Crippen LogP contribution is 1.85. The van der Waals surface area contributed by atoms with E-state index in [-0.39, 0.29) is 0 Å². The Kier molecular flexibility index (Phi) is 46600. The Morgan fingerprint density at radius 2 is 0.114 bits per heavy atom. The normalized spacial score (nSPS) is 4.80. The van der Waals surface area contributed by atoms with Gasteiger partial charge in [-0.3, -0.25) is 0 Å². The Morgan fingerprint density at radius 1 is 0.100 bits per heavy atom. The molecule has 64 N–H and O–H groups in total. The lowest BCUT2D eigenvalue weighted by Gasteiger charge is -1.24. The van der Waals surface area contributed by atoms with Crippen LogP contribution in [-0.4, -0.2) is 252 Å². The molecule has 0 spiro atoms. The second kappa shape index (κ2) is 14000. The smallest absolute Gasteiger partial charge is 0.0701 e. The highest BCUT2D eigenvalue weighted by Gasteiger charge is 1.94. The molecule has 2 aliphatic rings. The van der Waals surface area contributed by atoms with Crippen molar-refractivity contribution >= 4 is 0 Å². The van der Waals surface area contributed by atoms with Crippen LogP contribution < -0.4 is 183 Å². The van der Waals surface area contributed by atoms with E-state index in [2.05, 4.69) is 193 Å². The van der Waals surface area contributed by atoms with Crippen molar-refractivity contribution in [2.24, 2.45) is 183 Å². The van der Waals surface area contributed by atoms with Crippen LogP contribution >= 0.6 is 0 Å². The average Bonchev–Trinajstić information content (AvgIpc) is 4.52. The summed E-state index contributed by atoms with van der Waals surface area (Å²) < 4.78 is 9.00. The lowest BCUT2D eigenvalue weighted by atomic mass is 11.0. The second-order valence-corrected chi connectivity index (χ2v) is 1.22. The van der Waals surface area contributed by atoms with Gasteiger partial charge in [-0.05, 0) is 226 Å². The molecule has 0 saturated carbocycles. The van der Waals surface area contributed by atoms with Gasteiger partial charge in [0.25, 0.3) is 0 Å². The Bertz CT molecular complexity index is 96.4. The van der Waals surface area contributed by atoms with Crippen molar-refractivity contribution in [2.45, 2.75) is 0 Å². The predicted octanol–water partition coefficient (Wildman–Crippen LogP) is -13.6. The fourth-order valence-corrected chi connectivity index (χ4v) is 0. The highest BCUT2D eigenvalue weighted by molar-refractivity contribution is 4.37. The molecule has 0 amide bonds. The van der Waals surface area contributed by atoms with E-state index >= 15 is 0 Å². The first-order valence-corrected chi connectivity index (χ1v) is 20.6. The minimum absolute atomic E-state index is 1.00. The van der Waals surface area contributed by atoms with Crippen LogP contribution in [0.5, 0.6) is 0 Å². The summed E-state index contributed by atoms with van der Waals surface area (Å²) in [5.74, 6) is 0. The average molecular weight is 1080 g/mol. The van der Waals surface area contributed by atoms with Crippen molar-refractivity contribution in [1.29, 1.82) is 0 Å². The number of ether oxygens (including phenoxy) is 2. The summed E-state index contributed by atoms with van der Waals surface area (Å²) in [6, 6.07) is 0. The molecule has 0 aliphatic carbocycles. The van der Waals surface area contributed by atoms with Gasteiger partial charge >= 0.3 is 0 Å². The largest absolute Gasteiger partial charge is 0.377 e. The fourth-order valence-electron chi connectivity index (χ4n) is 0. The van der Waals surface area contributed by atoms with Crippen LogP contribution in [0.4, 0.5) is 0 Å². The van der Waals surface area contributed by atoms with Crippen molar-refractivity contribution in [3.05, 3.63) is 0 Å². The minimum atomic E-state index is 1.00. The minimum Gasteiger partial charge on any atom is -0.377 e. The molecular weight excluding hydrogens is 913 g/mol. The van der Waals surface area contributed by atoms with Crippen LogP contribution in [0.1, 0.15) is 0 Å². The molecule has 2 aliphatic heterocycles. The molecule has 0 unspecified atom stereocenters. The summed E-state index contributed by atoms with van der Waals surface area (Å²) in [4.78, 5) is 0. The van der Waals surface area contributed by atoms with Gasteiger partial charge in [-0.2, -0.15) is 0 Å². The Balaban J connectivity index is -0.00000000710. The van der Waals surface area contributed by atoms with Crippen molar-refractivity contribution in [3.8, 4) is 0 Å². The van der Waals surface area contributed by atoms with Crippen LogP contribution in [-0.2, 0) is 9.47 Å². The molecule has 0 aromatic rings. The van der Waals surface area contributed by atoms with Gasteiger partial charge < -0.3 is 193 Å². The highest BCUT2D eigenvalue weighted by atomic mass is 16.6. The van der Waals surface area contributed by atoms with Gasteiger partial charge in [-0.15, -0.1) is 0 Å². The second-order valence-electron chi connectivity index (χ2n) is 1.22. The Morgan fingerprint density at radius 3 is 0.114 bits per heavy atom. The molecule has 2 rings (SSSR count). The van der Waals surface area contributed by atoms with E-state index in [4.69, 9.17) is 0 Å². The summed E-state index contributed by atoms with van der Waals surface area (Å²) in [7, 11) is 48.0. The van der Waals surface area contributed by atoms with Gasteiger partial charge in [0.05, 0.1) is 26.4 Å². The Labute approximate surface area is 444 Å². The van der Waals surface area contributed by atoms with Crippen LogP contribution in [0.2, 0.25) is 0 Å². The van der Waals surface area contributed by atoms with E-state index in [0.717, 1.165) is 26.4 Å². The number of hydrogen-bond acceptors (Lipinski definition) is 34. The van der Waals surface area contributed by atoms with Crippen molar-refractivity contribution in [2.75, 3.05) is 252 Å². The molecule has 34 heteroatoms. The van der Waals surface area contributed by atoms with Crippen LogP contribution in [0, 0.1) is 0 Å². The van der Waals surface area contributed by atoms with Gasteiger partial charge in [0.2, 0.25) is 0 Å². The van der Waals surface area contributed by atoms with Gasteiger partial charge in [0.15, 0.2) is 0 Å². The third-order valence-corrected chi connectivity index (χ3v) is 0.408. The molecule has 2 heterocycles. The van der Waals surface area contributed by atoms with Crippen molar-refractivity contribution < 1.29 is 9.47 Å². The quantitative estimate of drug-likeness (QED) is 0.100. The zero-order chi connectivity index (χ0) is 68.2. The maximum Gasteiger partial charge on any atom is 0.0701 e. The van der Waals surface area contributed by atoms with E-state index < -0.39 is 0 Å². The predicted molar refractivity (Wildman–Crippen MR) is 345 cm³/mol. The molecule has 34 nitrogen and oxygen atoms in total. The summed E-state index contributed by atoms with van der Waals surface area (Å²) in [5.41, 5.74) is 144. The van der Waals surface area contributed by atoms with Crippen molar-refractivity contribution in [1.82, 2.24) is 0 Å². The molecule has 0 aromatic carbocycles. The number of nitrogens with two attached hydrogens (primary N) is 32. The molecule has 484 valence electrons. The van der Waals surface area contributed by atoms with Crippen LogP contribution in [0.15, 0.2) is 0 Å². The van der Waals surface area contributed by atoms with Crippen molar-refractivity contribution in [3.63, 3.8) is 0 Å². The molecule has 0 bridgehead atoms. The lowest BCUT2D eigenvalue weighted by Crippen LogP contribution is -1.69. The monoisotopic (exact) mass is 1080 g/mol. The van der Waals surface area contributed by atoms with E-state index in [9.17, 15) is 0 Å². The molecule has 2 fully saturated rings. The van der Waals surface area contributed by atoms with Gasteiger partial charge in [-0.1, -0.05) is 0 Å². The zero-order valence-corrected chi connectivity index (χ0v) is 54.1. The SMILES string of the molecule is C1CO1.C1CO1.CN.CN.CN.CN.CN.CN.CN.CN.CN.CN.CN.CN.CN.CN.CN.CN.CN.CN.CN.CN.CN.CN.CN.CN.CN.CN.CN.CN.CN.CN.CN.CN. The molecule has 2 saturated heterocycles. The molecule has 0 radical (unpaired) electrons. The molecular formula is C36H168N32O2. The third kappa shape index (κ3) is 701000. The van der Waals surface area contributed by atoms with Crippen LogP contribution in [0.3, 0.4) is 0 Å². The van der Waals surface area contributed by atoms with E-state index in [1.807, 2.05) is 0 Å². The summed E-state index contributed by atoms with van der Waals surface area (Å²) in [6.07, 6.45) is 0. The molecule has 0 atom stereocenters. The van der Waals surface area contributed by atoms with E-state index in [0.29, 0.717) is 0 Å². The topological polar surface area (TPSA) is 858 Å². The number of rotatable bonds is 0. The summed E-state index contributed by atoms with van der Waals surface area (Å²) in [6.45, 7) is 4.00. The fraction of sp³-hybridized carbons (Fsp3) is 1.00. The lowest BCUT2D eigenvalue weighted by molar-refractivity contribution is 0.475. The molecule has 0 aromatic heterocycles. The number of hydrogen-bond donors (Lipinski definition) is 32. The third-order valence-electron chi connectivity index (χ3n) is 0.408. The Hall–Kier alpha value is -1.36. The van der Waals surface area contributed by atoms with Gasteiger partial charge in [-0.25, -0.2) is 0 Å². The maximum absolute atomic E-state index is 4.50. The van der Waals surface area contributed by atoms with E-state index in [1.54, 1.807) is 0 Å². The maximum atomic E-state index is 4.50. The standard InChI is InChI=1S/2C2H4O.32CH5N/c2*1-2-3-1;32*1-2/h2*1-2H2;32*2H2,1H3.